The minimum Gasteiger partial charge on any atom is -0.493 e. The molecule has 2 heterocycles. The second kappa shape index (κ2) is 7.44. The lowest BCUT2D eigenvalue weighted by molar-refractivity contribution is 0.0880. The van der Waals surface area contributed by atoms with Crippen LogP contribution >= 0.6 is 0 Å². The Morgan fingerprint density at radius 2 is 1.76 bits per heavy atom. The molecule has 6 heteroatoms. The first kappa shape index (κ1) is 19.3. The predicted molar refractivity (Wildman–Crippen MR) is 111 cm³/mol. The maximum absolute atomic E-state index is 12.1. The number of nitrogens with zero attached hydrogens (tertiary/aromatic N) is 1. The molecule has 0 bridgehead atoms. The fourth-order valence-corrected chi connectivity index (χ4v) is 3.89. The summed E-state index contributed by atoms with van der Waals surface area (Å²) in [6.45, 7) is 7.64. The first-order chi connectivity index (χ1) is 13.9. The number of hydrogen-bond acceptors (Lipinski definition) is 6. The molecule has 0 unspecified atom stereocenters. The molecule has 29 heavy (non-hydrogen) atoms. The van der Waals surface area contributed by atoms with Crippen LogP contribution in [0.3, 0.4) is 0 Å². The second-order valence-corrected chi connectivity index (χ2v) is 7.46. The van der Waals surface area contributed by atoms with Gasteiger partial charge in [0.05, 0.1) is 14.2 Å². The van der Waals surface area contributed by atoms with Crippen molar-refractivity contribution in [1.82, 2.24) is 4.90 Å². The summed E-state index contributed by atoms with van der Waals surface area (Å²) in [4.78, 5) is 14.3. The van der Waals surface area contributed by atoms with E-state index in [1.54, 1.807) is 21.1 Å². The maximum atomic E-state index is 12.1. The van der Waals surface area contributed by atoms with E-state index in [1.807, 2.05) is 32.0 Å². The molecule has 152 valence electrons. The van der Waals surface area contributed by atoms with Crippen molar-refractivity contribution in [3.05, 3.63) is 62.5 Å². The van der Waals surface area contributed by atoms with Gasteiger partial charge < -0.3 is 18.6 Å². The lowest BCUT2D eigenvalue weighted by atomic mass is 9.99. The van der Waals surface area contributed by atoms with Crippen molar-refractivity contribution >= 4 is 11.0 Å². The Kier molecular flexibility index (Phi) is 4.96. The topological polar surface area (TPSA) is 61.1 Å². The van der Waals surface area contributed by atoms with Crippen LogP contribution in [0, 0.1) is 20.8 Å². The zero-order chi connectivity index (χ0) is 20.7. The standard InChI is InChI=1S/C23H25NO5/c1-13-14(2)23(25)29-22-15(3)21-17(9-18(13)22)11-24(12-28-21)10-16-6-7-19(26-4)20(8-16)27-5/h6-9H,10-12H2,1-5H3. The van der Waals surface area contributed by atoms with Crippen LogP contribution in [0.4, 0.5) is 0 Å². The van der Waals surface area contributed by atoms with Crippen molar-refractivity contribution in [3.63, 3.8) is 0 Å². The van der Waals surface area contributed by atoms with E-state index in [0.29, 0.717) is 29.4 Å². The SMILES string of the molecule is COc1ccc(CN2COc3c(cc4c(C)c(C)c(=O)oc4c3C)C2)cc1OC. The Hall–Kier alpha value is -2.99. The van der Waals surface area contributed by atoms with Crippen LogP contribution in [0.25, 0.3) is 11.0 Å². The monoisotopic (exact) mass is 395 g/mol. The summed E-state index contributed by atoms with van der Waals surface area (Å²) in [7, 11) is 3.27. The summed E-state index contributed by atoms with van der Waals surface area (Å²) in [5.74, 6) is 2.24. The Bertz CT molecular complexity index is 1150. The van der Waals surface area contributed by atoms with Crippen molar-refractivity contribution in [2.45, 2.75) is 33.9 Å². The molecule has 0 saturated heterocycles. The van der Waals surface area contributed by atoms with Crippen molar-refractivity contribution in [2.24, 2.45) is 0 Å². The number of methoxy groups -OCH3 is 2. The normalized spacial score (nSPS) is 13.8. The Balaban J connectivity index is 1.66. The minimum atomic E-state index is -0.288. The summed E-state index contributed by atoms with van der Waals surface area (Å²) < 4.78 is 22.4. The van der Waals surface area contributed by atoms with Gasteiger partial charge in [0.15, 0.2) is 11.5 Å². The lowest BCUT2D eigenvalue weighted by Crippen LogP contribution is -2.32. The van der Waals surface area contributed by atoms with Gasteiger partial charge in [-0.25, -0.2) is 4.79 Å². The van der Waals surface area contributed by atoms with Crippen LogP contribution < -0.4 is 19.8 Å². The van der Waals surface area contributed by atoms with Gasteiger partial charge in [-0.1, -0.05) is 6.07 Å². The van der Waals surface area contributed by atoms with E-state index in [9.17, 15) is 4.79 Å². The van der Waals surface area contributed by atoms with E-state index < -0.39 is 0 Å². The zero-order valence-electron chi connectivity index (χ0n) is 17.4. The third-order valence-corrected chi connectivity index (χ3v) is 5.64. The zero-order valence-corrected chi connectivity index (χ0v) is 17.4. The predicted octanol–water partition coefficient (Wildman–Crippen LogP) is 4.09. The van der Waals surface area contributed by atoms with Gasteiger partial charge in [-0.3, -0.25) is 4.90 Å². The molecule has 1 aliphatic heterocycles. The van der Waals surface area contributed by atoms with Crippen LogP contribution in [-0.4, -0.2) is 25.9 Å². The summed E-state index contributed by atoms with van der Waals surface area (Å²) in [6, 6.07) is 8.02. The van der Waals surface area contributed by atoms with Gasteiger partial charge in [0.1, 0.15) is 18.1 Å². The average molecular weight is 395 g/mol. The van der Waals surface area contributed by atoms with E-state index >= 15 is 0 Å². The fourth-order valence-electron chi connectivity index (χ4n) is 3.89. The maximum Gasteiger partial charge on any atom is 0.339 e. The molecule has 4 rings (SSSR count). The Morgan fingerprint density at radius 1 is 1.00 bits per heavy atom. The summed E-state index contributed by atoms with van der Waals surface area (Å²) in [6.07, 6.45) is 0. The molecular formula is C23H25NO5. The first-order valence-electron chi connectivity index (χ1n) is 9.55. The Labute approximate surface area is 169 Å². The van der Waals surface area contributed by atoms with E-state index in [2.05, 4.69) is 11.0 Å². The van der Waals surface area contributed by atoms with Crippen molar-refractivity contribution < 1.29 is 18.6 Å². The van der Waals surface area contributed by atoms with E-state index in [1.165, 1.54) is 0 Å². The van der Waals surface area contributed by atoms with E-state index in [-0.39, 0.29) is 5.63 Å². The summed E-state index contributed by atoms with van der Waals surface area (Å²) >= 11 is 0. The highest BCUT2D eigenvalue weighted by atomic mass is 16.5. The van der Waals surface area contributed by atoms with Crippen LogP contribution in [0.5, 0.6) is 17.2 Å². The third-order valence-electron chi connectivity index (χ3n) is 5.64. The lowest BCUT2D eigenvalue weighted by Gasteiger charge is -2.30. The molecule has 6 nitrogen and oxygen atoms in total. The van der Waals surface area contributed by atoms with Gasteiger partial charge in [-0.2, -0.15) is 0 Å². The largest absolute Gasteiger partial charge is 0.493 e. The molecule has 3 aromatic rings. The molecule has 0 N–H and O–H groups in total. The van der Waals surface area contributed by atoms with Crippen LogP contribution in [-0.2, 0) is 13.1 Å². The Morgan fingerprint density at radius 3 is 2.48 bits per heavy atom. The molecular weight excluding hydrogens is 370 g/mol. The van der Waals surface area contributed by atoms with Crippen LogP contribution in [0.1, 0.15) is 27.8 Å². The number of rotatable bonds is 4. The van der Waals surface area contributed by atoms with Gasteiger partial charge in [0.25, 0.3) is 0 Å². The highest BCUT2D eigenvalue weighted by Crippen LogP contribution is 2.36. The molecule has 0 fully saturated rings. The van der Waals surface area contributed by atoms with Gasteiger partial charge in [0.2, 0.25) is 0 Å². The van der Waals surface area contributed by atoms with Crippen molar-refractivity contribution in [1.29, 1.82) is 0 Å². The quantitative estimate of drug-likeness (QED) is 0.620. The molecule has 1 aromatic heterocycles. The van der Waals surface area contributed by atoms with Gasteiger partial charge in [-0.05, 0) is 50.1 Å². The summed E-state index contributed by atoms with van der Waals surface area (Å²) in [5, 5.41) is 0.968. The van der Waals surface area contributed by atoms with Crippen molar-refractivity contribution in [3.8, 4) is 17.2 Å². The van der Waals surface area contributed by atoms with Crippen LogP contribution in [0.2, 0.25) is 0 Å². The molecule has 0 aliphatic carbocycles. The van der Waals surface area contributed by atoms with Gasteiger partial charge >= 0.3 is 5.63 Å². The summed E-state index contributed by atoms with van der Waals surface area (Å²) in [5.41, 5.74) is 5.02. The fraction of sp³-hybridized carbons (Fsp3) is 0.348. The first-order valence-corrected chi connectivity index (χ1v) is 9.55. The van der Waals surface area contributed by atoms with Crippen molar-refractivity contribution in [2.75, 3.05) is 21.0 Å². The molecule has 0 atom stereocenters. The van der Waals surface area contributed by atoms with E-state index in [4.69, 9.17) is 18.6 Å². The molecule has 0 amide bonds. The third kappa shape index (κ3) is 3.34. The smallest absolute Gasteiger partial charge is 0.339 e. The molecule has 0 spiro atoms. The molecule has 1 aliphatic rings. The highest BCUT2D eigenvalue weighted by molar-refractivity contribution is 5.87. The van der Waals surface area contributed by atoms with Gasteiger partial charge in [-0.15, -0.1) is 0 Å². The van der Waals surface area contributed by atoms with E-state index in [0.717, 1.165) is 46.5 Å². The number of hydrogen-bond donors (Lipinski definition) is 0. The average Bonchev–Trinajstić information content (AvgIpc) is 2.73. The minimum absolute atomic E-state index is 0.288. The number of ether oxygens (including phenoxy) is 3. The number of aryl methyl sites for hydroxylation is 2. The van der Waals surface area contributed by atoms with Crippen LogP contribution in [0.15, 0.2) is 33.5 Å². The highest BCUT2D eigenvalue weighted by Gasteiger charge is 2.23. The second-order valence-electron chi connectivity index (χ2n) is 7.46. The molecule has 2 aromatic carbocycles. The number of benzene rings is 2. The number of fused-ring (bicyclic) bond motifs is 2. The molecule has 0 saturated carbocycles. The van der Waals surface area contributed by atoms with Gasteiger partial charge in [0, 0.05) is 35.2 Å². The molecule has 0 radical (unpaired) electrons.